The van der Waals surface area contributed by atoms with Crippen molar-refractivity contribution in [2.45, 2.75) is 32.2 Å². The smallest absolute Gasteiger partial charge is 0.339 e. The Labute approximate surface area is 326 Å². The molecule has 1 N–H and O–H groups in total. The zero-order valence-corrected chi connectivity index (χ0v) is 34.1. The van der Waals surface area contributed by atoms with Crippen LogP contribution in [0.2, 0.25) is 0 Å². The van der Waals surface area contributed by atoms with E-state index in [1.807, 2.05) is 54.6 Å². The number of ether oxygens (including phenoxy) is 1. The fraction of sp³-hybridized carbons (Fsp3) is 0.312. The highest BCUT2D eigenvalue weighted by Gasteiger charge is 2.46. The van der Waals surface area contributed by atoms with Gasteiger partial charge in [-0.25, -0.2) is 4.79 Å². The van der Waals surface area contributed by atoms with Gasteiger partial charge in [0.2, 0.25) is 5.85 Å². The molecular weight excluding hydrogens is 844 g/mol. The minimum atomic E-state index is -3.32. The number of benzene rings is 3. The van der Waals surface area contributed by atoms with Crippen LogP contribution in [0.15, 0.2) is 107 Å². The predicted molar refractivity (Wildman–Crippen MR) is 213 cm³/mol. The second-order valence-corrected chi connectivity index (χ2v) is 27.1. The molecule has 2 heterocycles. The molecule has 1 aliphatic heterocycles. The summed E-state index contributed by atoms with van der Waals surface area (Å²) in [6.07, 6.45) is 0.127. The molecule has 3 atom stereocenters. The van der Waals surface area contributed by atoms with Crippen molar-refractivity contribution in [3.63, 3.8) is 0 Å². The monoisotopic (exact) mass is 879 g/mol. The third-order valence-corrected chi connectivity index (χ3v) is 8.05. The van der Waals surface area contributed by atoms with E-state index in [9.17, 15) is 23.3 Å². The number of nitrogens with zero attached hydrogens (tertiary/aromatic N) is 2. The zero-order valence-electron chi connectivity index (χ0n) is 26.9. The molecule has 1 aromatic heterocycles. The van der Waals surface area contributed by atoms with E-state index in [0.717, 1.165) is 16.7 Å². The number of rotatable bonds is 8. The van der Waals surface area contributed by atoms with Crippen LogP contribution in [-0.2, 0) is 28.5 Å². The van der Waals surface area contributed by atoms with Gasteiger partial charge in [-0.2, -0.15) is 0 Å². The number of aromatic amines is 1. The summed E-state index contributed by atoms with van der Waals surface area (Å²) in [5.74, 6) is -2.69. The molecule has 4 aromatic rings. The fourth-order valence-corrected chi connectivity index (χ4v) is 6.04. The molecule has 0 spiro atoms. The third kappa shape index (κ3) is 14.8. The maximum atomic E-state index is 13.0. The Morgan fingerprint density at radius 2 is 1.18 bits per heavy atom. The average Bonchev–Trinajstić information content (AvgIpc) is 3.02. The van der Waals surface area contributed by atoms with Gasteiger partial charge in [-0.1, -0.05) is 98.4 Å². The van der Waals surface area contributed by atoms with Gasteiger partial charge in [0.25, 0.3) is 12.3 Å². The van der Waals surface area contributed by atoms with Crippen molar-refractivity contribution in [2.24, 2.45) is 0 Å². The van der Waals surface area contributed by atoms with Crippen molar-refractivity contribution < 1.29 is 23.0 Å². The van der Waals surface area contributed by atoms with Gasteiger partial charge in [0.15, 0.2) is 6.23 Å². The molecule has 1 fully saturated rings. The summed E-state index contributed by atoms with van der Waals surface area (Å²) >= 11 is 29.5. The Morgan fingerprint density at radius 3 is 1.55 bits per heavy atom. The van der Waals surface area contributed by atoms with Gasteiger partial charge < -0.3 is 9.26 Å². The number of aromatic nitrogens is 2. The second-order valence-electron chi connectivity index (χ2n) is 11.1. The van der Waals surface area contributed by atoms with Crippen LogP contribution in [0.25, 0.3) is 0 Å². The molecule has 0 amide bonds. The van der Waals surface area contributed by atoms with E-state index >= 15 is 0 Å². The van der Waals surface area contributed by atoms with Crippen LogP contribution < -0.4 is 11.2 Å². The summed E-state index contributed by atoms with van der Waals surface area (Å²) in [5.41, 5.74) is 1.64. The fourth-order valence-electron chi connectivity index (χ4n) is 5.44. The number of H-pyrrole nitrogens is 1. The maximum absolute atomic E-state index is 13.0. The summed E-state index contributed by atoms with van der Waals surface area (Å²) in [6.45, 7) is 1.55. The maximum Gasteiger partial charge on any atom is 0.339 e. The van der Waals surface area contributed by atoms with Gasteiger partial charge in [0.05, 0.1) is 18.2 Å². The summed E-state index contributed by atoms with van der Waals surface area (Å²) in [6, 6.07) is 30.5. The van der Waals surface area contributed by atoms with E-state index in [1.165, 1.54) is 24.1 Å². The van der Waals surface area contributed by atoms with Gasteiger partial charge in [-0.05, 0) is 91.1 Å². The first kappa shape index (κ1) is 45.8. The predicted octanol–water partition coefficient (Wildman–Crippen LogP) is 10.8. The number of hydrogen-bond donors (Lipinski definition) is 1. The number of hydrogen-bond acceptors (Lipinski definition) is 8. The lowest BCUT2D eigenvalue weighted by atomic mass is 9.75. The number of nitrogens with one attached hydrogen (secondary N) is 1. The van der Waals surface area contributed by atoms with Crippen molar-refractivity contribution in [1.29, 1.82) is 0 Å². The molecule has 10 nitrogen and oxygen atoms in total. The molecule has 0 radical (unpaired) electrons. The lowest BCUT2D eigenvalue weighted by Crippen LogP contribution is -2.58. The highest BCUT2D eigenvalue weighted by molar-refractivity contribution is 8.24. The minimum absolute atomic E-state index is 0. The molecule has 280 valence electrons. The lowest BCUT2D eigenvalue weighted by Gasteiger charge is -2.50. The molecule has 0 saturated carbocycles. The summed E-state index contributed by atoms with van der Waals surface area (Å²) in [4.78, 5) is 29.8. The quantitative estimate of drug-likeness (QED) is 0.137. The largest absolute Gasteiger partial charge is 0.350 e. The van der Waals surface area contributed by atoms with Crippen LogP contribution in [0, 0.1) is 6.92 Å². The van der Waals surface area contributed by atoms with E-state index in [2.05, 4.69) is 80.0 Å². The van der Waals surface area contributed by atoms with Gasteiger partial charge in [0, 0.05) is 38.2 Å². The summed E-state index contributed by atoms with van der Waals surface area (Å²) in [5, 5.41) is -3.22. The third-order valence-electron chi connectivity index (χ3n) is 7.15. The van der Waals surface area contributed by atoms with Gasteiger partial charge in [-0.15, -0.1) is 0 Å². The molecule has 51 heavy (non-hydrogen) atoms. The van der Waals surface area contributed by atoms with Crippen LogP contribution in [-0.4, -0.2) is 53.6 Å². The number of aryl methyl sites for hydroxylation is 1. The Kier molecular flexibility index (Phi) is 17.8. The van der Waals surface area contributed by atoms with Crippen molar-refractivity contribution in [1.82, 2.24) is 14.5 Å². The van der Waals surface area contributed by atoms with Crippen LogP contribution in [0.1, 0.15) is 35.9 Å². The lowest BCUT2D eigenvalue weighted by molar-refractivity contribution is -0.148. The van der Waals surface area contributed by atoms with Crippen LogP contribution in [0.3, 0.4) is 0 Å². The van der Waals surface area contributed by atoms with Crippen LogP contribution in [0.4, 0.5) is 0 Å². The SMILES string of the molecule is C.CP(=O)(Cl)Cl.Cc1cn(C2CN(C(c3ccccc3)(c3ccccc3)c3ccccc3)CC(COP(C)(=O)Cl)O2)c(=O)[nH]c1=O.O=P(Cl)(Cl)Cl. The number of halogens is 6. The molecule has 1 aliphatic rings. The molecular formula is C32H38Cl6N3O7P3. The van der Waals surface area contributed by atoms with E-state index < -0.39 is 46.9 Å². The van der Waals surface area contributed by atoms with E-state index in [-0.39, 0.29) is 14.0 Å². The normalized spacial score (nSPS) is 17.7. The Hall–Kier alpha value is -1.35. The van der Waals surface area contributed by atoms with Crippen molar-refractivity contribution in [3.8, 4) is 0 Å². The van der Waals surface area contributed by atoms with E-state index in [0.29, 0.717) is 18.7 Å². The highest BCUT2D eigenvalue weighted by atomic mass is 36.0. The van der Waals surface area contributed by atoms with E-state index in [1.54, 1.807) is 6.92 Å². The molecule has 1 saturated heterocycles. The van der Waals surface area contributed by atoms with Gasteiger partial charge in [-0.3, -0.25) is 32.9 Å². The first-order valence-electron chi connectivity index (χ1n) is 14.6. The molecule has 0 aliphatic carbocycles. The second kappa shape index (κ2) is 19.8. The summed E-state index contributed by atoms with van der Waals surface area (Å²) in [7, 11) is 0. The van der Waals surface area contributed by atoms with Gasteiger partial charge in [0.1, 0.15) is 0 Å². The van der Waals surface area contributed by atoms with Crippen molar-refractivity contribution in [2.75, 3.05) is 33.0 Å². The highest BCUT2D eigenvalue weighted by Crippen LogP contribution is 2.61. The van der Waals surface area contributed by atoms with Crippen LogP contribution in [0.5, 0.6) is 0 Å². The Morgan fingerprint density at radius 1 is 0.784 bits per heavy atom. The standard InChI is InChI=1S/C30H31ClN3O5P.CH3Cl2OP.CH4.Cl3OP/c1-22-18-34(29(36)32-28(22)35)27-20-33(19-26(39-27)21-38-40(2,31)37)30(23-12-6-3-7-13-23,24-14-8-4-9-15-24)25-16-10-5-11-17-25;1-5(2,3)4;;1-5(2,3)4/h3-18,26-27H,19-21H2,1-2H3,(H,32,35,36);1H3;1H4;. The molecule has 19 heteroatoms. The molecule has 3 aromatic carbocycles. The Bertz CT molecular complexity index is 1820. The minimum Gasteiger partial charge on any atom is -0.350 e. The van der Waals surface area contributed by atoms with Crippen molar-refractivity contribution in [3.05, 3.63) is 140 Å². The first-order chi connectivity index (χ1) is 23.2. The average molecular weight is 882 g/mol. The van der Waals surface area contributed by atoms with Crippen molar-refractivity contribution >= 4 is 85.2 Å². The molecule has 0 bridgehead atoms. The van der Waals surface area contributed by atoms with Crippen LogP contribution >= 0.6 is 85.2 Å². The Balaban J connectivity index is 0.000000723. The van der Waals surface area contributed by atoms with Gasteiger partial charge >= 0.3 is 10.9 Å². The number of morpholine rings is 1. The van der Waals surface area contributed by atoms with E-state index in [4.69, 9.17) is 43.0 Å². The molecule has 5 rings (SSSR count). The molecule has 3 unspecified atom stereocenters. The topological polar surface area (TPSA) is 128 Å². The summed E-state index contributed by atoms with van der Waals surface area (Å²) < 4.78 is 44.8. The zero-order chi connectivity index (χ0) is 37.3. The first-order valence-corrected chi connectivity index (χ1v) is 26.0.